The zero-order chi connectivity index (χ0) is 40.4. The number of hydrogen-bond acceptors (Lipinski definition) is 3. The summed E-state index contributed by atoms with van der Waals surface area (Å²) in [6.07, 6.45) is 0. The van der Waals surface area contributed by atoms with Crippen molar-refractivity contribution in [2.24, 2.45) is 0 Å². The van der Waals surface area contributed by atoms with Crippen molar-refractivity contribution in [2.75, 3.05) is 16.0 Å². The van der Waals surface area contributed by atoms with E-state index in [0.717, 1.165) is 67.5 Å². The second kappa shape index (κ2) is 15.8. The molecule has 0 aliphatic rings. The molecule has 0 atom stereocenters. The lowest BCUT2D eigenvalue weighted by atomic mass is 9.87. The van der Waals surface area contributed by atoms with Crippen molar-refractivity contribution in [3.05, 3.63) is 180 Å². The monoisotopic (exact) mass is 747 g/mol. The van der Waals surface area contributed by atoms with Gasteiger partial charge in [0.1, 0.15) is 0 Å². The fourth-order valence-electron chi connectivity index (χ4n) is 7.25. The van der Waals surface area contributed by atoms with Gasteiger partial charge >= 0.3 is 0 Å². The third-order valence-corrected chi connectivity index (χ3v) is 10.7. The molecule has 57 heavy (non-hydrogen) atoms. The molecule has 3 nitrogen and oxygen atoms in total. The predicted molar refractivity (Wildman–Crippen MR) is 248 cm³/mol. The topological polar surface area (TPSA) is 36.1 Å². The number of anilines is 6. The normalized spacial score (nSPS) is 11.9. The molecule has 3 N–H and O–H groups in total. The molecule has 7 rings (SSSR count). The first-order chi connectivity index (χ1) is 27.1. The Balaban J connectivity index is 1.33. The molecule has 0 aliphatic carbocycles. The third-order valence-electron chi connectivity index (χ3n) is 10.7. The van der Waals surface area contributed by atoms with Crippen LogP contribution in [0.2, 0.25) is 0 Å². The highest BCUT2D eigenvalue weighted by Crippen LogP contribution is 2.41. The average molecular weight is 748 g/mol. The lowest BCUT2D eigenvalue weighted by Gasteiger charge is -2.21. The molecule has 3 heteroatoms. The molecule has 7 aromatic carbocycles. The molecule has 0 spiro atoms. The van der Waals surface area contributed by atoms with Crippen LogP contribution in [0.5, 0.6) is 0 Å². The van der Waals surface area contributed by atoms with Gasteiger partial charge in [0.25, 0.3) is 0 Å². The van der Waals surface area contributed by atoms with Crippen molar-refractivity contribution < 1.29 is 0 Å². The summed E-state index contributed by atoms with van der Waals surface area (Å²) in [5.74, 6) is 0. The summed E-state index contributed by atoms with van der Waals surface area (Å²) in [6.45, 7) is 20.3. The van der Waals surface area contributed by atoms with Gasteiger partial charge in [0, 0.05) is 50.8 Å². The zero-order valence-corrected chi connectivity index (χ0v) is 35.1. The molecule has 0 bridgehead atoms. The lowest BCUT2D eigenvalue weighted by Crippen LogP contribution is -2.10. The minimum Gasteiger partial charge on any atom is -0.355 e. The van der Waals surface area contributed by atoms with Crippen molar-refractivity contribution in [3.63, 3.8) is 0 Å². The highest BCUT2D eigenvalue weighted by atomic mass is 14.9. The molecule has 0 unspecified atom stereocenters. The molecule has 0 heterocycles. The summed E-state index contributed by atoms with van der Waals surface area (Å²) in [4.78, 5) is 0. The predicted octanol–water partition coefficient (Wildman–Crippen LogP) is 15.8. The lowest BCUT2D eigenvalue weighted by molar-refractivity contribution is 0.590. The van der Waals surface area contributed by atoms with E-state index in [2.05, 4.69) is 242 Å². The van der Waals surface area contributed by atoms with Gasteiger partial charge in [0.2, 0.25) is 0 Å². The molecular weight excluding hydrogens is 691 g/mol. The van der Waals surface area contributed by atoms with Gasteiger partial charge in [-0.3, -0.25) is 0 Å². The maximum atomic E-state index is 3.76. The van der Waals surface area contributed by atoms with Crippen molar-refractivity contribution in [1.82, 2.24) is 0 Å². The van der Waals surface area contributed by atoms with Gasteiger partial charge in [0.15, 0.2) is 0 Å². The van der Waals surface area contributed by atoms with Crippen LogP contribution in [-0.4, -0.2) is 0 Å². The summed E-state index contributed by atoms with van der Waals surface area (Å²) in [5, 5.41) is 11.3. The molecule has 288 valence electrons. The van der Waals surface area contributed by atoms with E-state index in [1.54, 1.807) is 0 Å². The highest BCUT2D eigenvalue weighted by Gasteiger charge is 2.18. The van der Waals surface area contributed by atoms with Gasteiger partial charge in [-0.2, -0.15) is 0 Å². The van der Waals surface area contributed by atoms with Crippen molar-refractivity contribution in [1.29, 1.82) is 0 Å². The Kier molecular flexibility index (Phi) is 10.9. The Morgan fingerprint density at radius 1 is 0.281 bits per heavy atom. The summed E-state index contributed by atoms with van der Waals surface area (Å²) < 4.78 is 0. The Bertz CT molecular complexity index is 2160. The highest BCUT2D eigenvalue weighted by molar-refractivity contribution is 5.92. The summed E-state index contributed by atoms with van der Waals surface area (Å²) >= 11 is 0. The van der Waals surface area contributed by atoms with E-state index in [1.807, 2.05) is 0 Å². The second-order valence-corrected chi connectivity index (χ2v) is 18.3. The van der Waals surface area contributed by atoms with Crippen LogP contribution in [-0.2, 0) is 16.2 Å². The van der Waals surface area contributed by atoms with Crippen LogP contribution in [0.4, 0.5) is 34.1 Å². The largest absolute Gasteiger partial charge is 0.355 e. The van der Waals surface area contributed by atoms with E-state index >= 15 is 0 Å². The number of benzene rings is 7. The van der Waals surface area contributed by atoms with E-state index in [1.165, 1.54) is 16.7 Å². The minimum atomic E-state index is 0.0926. The molecule has 0 aliphatic heterocycles. The van der Waals surface area contributed by atoms with E-state index in [0.29, 0.717) is 0 Å². The van der Waals surface area contributed by atoms with E-state index in [4.69, 9.17) is 0 Å². The molecule has 0 radical (unpaired) electrons. The van der Waals surface area contributed by atoms with E-state index < -0.39 is 0 Å². The zero-order valence-electron chi connectivity index (χ0n) is 35.1. The first-order valence-corrected chi connectivity index (χ1v) is 20.2. The van der Waals surface area contributed by atoms with Gasteiger partial charge in [-0.25, -0.2) is 0 Å². The van der Waals surface area contributed by atoms with Crippen LogP contribution in [0.1, 0.15) is 79.0 Å². The molecule has 0 fully saturated rings. The smallest absolute Gasteiger partial charge is 0.0463 e. The maximum Gasteiger partial charge on any atom is 0.0463 e. The van der Waals surface area contributed by atoms with Gasteiger partial charge in [-0.15, -0.1) is 0 Å². The Morgan fingerprint density at radius 3 is 0.737 bits per heavy atom. The van der Waals surface area contributed by atoms with E-state index in [9.17, 15) is 0 Å². The van der Waals surface area contributed by atoms with Gasteiger partial charge < -0.3 is 16.0 Å². The fraction of sp³-hybridized carbons (Fsp3) is 0.222. The Hall–Kier alpha value is -6.06. The molecular formula is C54H57N3. The quantitative estimate of drug-likeness (QED) is 0.138. The Labute approximate surface area is 341 Å². The average Bonchev–Trinajstić information content (AvgIpc) is 3.18. The third kappa shape index (κ3) is 9.33. The van der Waals surface area contributed by atoms with Crippen molar-refractivity contribution in [2.45, 2.75) is 78.6 Å². The fourth-order valence-corrected chi connectivity index (χ4v) is 7.25. The van der Waals surface area contributed by atoms with Crippen LogP contribution in [0.25, 0.3) is 33.4 Å². The number of para-hydroxylation sites is 3. The number of nitrogens with one attached hydrogen (secondary N) is 3. The number of hydrogen-bond donors (Lipinski definition) is 3. The maximum absolute atomic E-state index is 3.76. The van der Waals surface area contributed by atoms with Crippen LogP contribution in [0.3, 0.4) is 0 Å². The number of rotatable bonds is 9. The van der Waals surface area contributed by atoms with Crippen molar-refractivity contribution in [3.8, 4) is 33.4 Å². The minimum absolute atomic E-state index is 0.0926. The van der Waals surface area contributed by atoms with E-state index in [-0.39, 0.29) is 16.2 Å². The van der Waals surface area contributed by atoms with Gasteiger partial charge in [-0.1, -0.05) is 153 Å². The molecule has 0 amide bonds. The van der Waals surface area contributed by atoms with Crippen LogP contribution in [0, 0.1) is 0 Å². The van der Waals surface area contributed by atoms with Gasteiger partial charge in [0.05, 0.1) is 0 Å². The molecule has 0 saturated heterocycles. The SMILES string of the molecule is CC(C)(C)c1ccc(Nc2ccccc2-c2cc(-c3ccccc3Nc3ccc(C(C)(C)C)cc3)cc(-c3ccccc3Nc3ccc(C(C)(C)C)cc3)c2)cc1. The van der Waals surface area contributed by atoms with Crippen LogP contribution in [0.15, 0.2) is 164 Å². The van der Waals surface area contributed by atoms with Gasteiger partial charge in [-0.05, 0) is 122 Å². The summed E-state index contributed by atoms with van der Waals surface area (Å²) in [6, 6.07) is 59.3. The van der Waals surface area contributed by atoms with Crippen LogP contribution < -0.4 is 16.0 Å². The molecule has 7 aromatic rings. The first-order valence-electron chi connectivity index (χ1n) is 20.2. The molecule has 0 aromatic heterocycles. The summed E-state index contributed by atoms with van der Waals surface area (Å²) in [7, 11) is 0. The van der Waals surface area contributed by atoms with Crippen molar-refractivity contribution >= 4 is 34.1 Å². The van der Waals surface area contributed by atoms with Crippen LogP contribution >= 0.6 is 0 Å². The Morgan fingerprint density at radius 2 is 0.509 bits per heavy atom. The second-order valence-electron chi connectivity index (χ2n) is 18.3. The molecule has 0 saturated carbocycles. The summed E-state index contributed by atoms with van der Waals surface area (Å²) in [5.41, 5.74) is 17.4. The first kappa shape index (κ1) is 39.2. The standard InChI is InChI=1S/C54H57N3/c1-52(2,3)40-22-28-43(29-23-40)55-49-19-13-10-16-46(49)37-34-38(47-17-11-14-20-50(47)56-44-30-24-41(25-31-44)53(4,5)6)36-39(35-37)48-18-12-15-21-51(48)57-45-32-26-42(27-33-45)54(7,8)9/h10-36,55-57H,1-9H3.